The maximum absolute atomic E-state index is 13.8. The van der Waals surface area contributed by atoms with Gasteiger partial charge < -0.3 is 10.0 Å². The summed E-state index contributed by atoms with van der Waals surface area (Å²) < 4.78 is 13.8. The highest BCUT2D eigenvalue weighted by Gasteiger charge is 2.30. The van der Waals surface area contributed by atoms with Gasteiger partial charge in [-0.3, -0.25) is 4.79 Å². The molecule has 128 valence electrons. The molecule has 4 nitrogen and oxygen atoms in total. The fourth-order valence-corrected chi connectivity index (χ4v) is 4.03. The number of pyridine rings is 1. The molecule has 1 atom stereocenters. The van der Waals surface area contributed by atoms with Gasteiger partial charge in [0.25, 0.3) is 5.91 Å². The zero-order valence-corrected chi connectivity index (χ0v) is 14.3. The summed E-state index contributed by atoms with van der Waals surface area (Å²) in [6.07, 6.45) is 1.66. The average molecular weight is 356 g/mol. The van der Waals surface area contributed by atoms with Gasteiger partial charge in [0.2, 0.25) is 0 Å². The quantitative estimate of drug-likeness (QED) is 0.778. The number of fused-ring (bicyclic) bond motifs is 1. The van der Waals surface area contributed by atoms with Crippen molar-refractivity contribution < 1.29 is 14.3 Å². The summed E-state index contributed by atoms with van der Waals surface area (Å²) in [5.41, 5.74) is 2.66. The Labute approximate surface area is 148 Å². The molecule has 1 aliphatic rings. The van der Waals surface area contributed by atoms with E-state index in [4.69, 9.17) is 0 Å². The lowest BCUT2D eigenvalue weighted by atomic mass is 10.0. The standard InChI is InChI=1S/C19H17FN2O2S/c20-13-3-4-17-15(8-13)16(9-18(21-17)12-5-7-25-11-12)19(24)22-6-1-2-14(22)10-23/h3-5,7-9,11,14,23H,1-2,6,10H2/t14-/m0/s1. The van der Waals surface area contributed by atoms with E-state index in [-0.39, 0.29) is 18.6 Å². The number of likely N-dealkylation sites (tertiary alicyclic amines) is 1. The molecule has 25 heavy (non-hydrogen) atoms. The van der Waals surface area contributed by atoms with E-state index < -0.39 is 5.82 Å². The van der Waals surface area contributed by atoms with Crippen LogP contribution in [0.5, 0.6) is 0 Å². The minimum absolute atomic E-state index is 0.0551. The fourth-order valence-electron chi connectivity index (χ4n) is 3.38. The van der Waals surface area contributed by atoms with Gasteiger partial charge >= 0.3 is 0 Å². The number of benzene rings is 1. The Morgan fingerprint density at radius 2 is 2.24 bits per heavy atom. The van der Waals surface area contributed by atoms with Gasteiger partial charge in [0.05, 0.1) is 29.4 Å². The highest BCUT2D eigenvalue weighted by atomic mass is 32.1. The van der Waals surface area contributed by atoms with E-state index in [2.05, 4.69) is 4.98 Å². The molecule has 3 aromatic rings. The minimum Gasteiger partial charge on any atom is -0.394 e. The van der Waals surface area contributed by atoms with Crippen molar-refractivity contribution in [2.45, 2.75) is 18.9 Å². The van der Waals surface area contributed by atoms with Gasteiger partial charge in [-0.05, 0) is 48.6 Å². The highest BCUT2D eigenvalue weighted by Crippen LogP contribution is 2.29. The molecule has 0 spiro atoms. The Hall–Kier alpha value is -2.31. The van der Waals surface area contributed by atoms with Crippen LogP contribution < -0.4 is 0 Å². The van der Waals surface area contributed by atoms with Crippen LogP contribution in [0.25, 0.3) is 22.2 Å². The summed E-state index contributed by atoms with van der Waals surface area (Å²) in [6, 6.07) is 7.82. The molecule has 3 heterocycles. The normalized spacial score (nSPS) is 17.4. The number of amides is 1. The first-order chi connectivity index (χ1) is 12.2. The smallest absolute Gasteiger partial charge is 0.254 e. The van der Waals surface area contributed by atoms with Crippen molar-refractivity contribution >= 4 is 28.1 Å². The van der Waals surface area contributed by atoms with E-state index in [0.717, 1.165) is 18.4 Å². The minimum atomic E-state index is -0.397. The Balaban J connectivity index is 1.88. The molecule has 1 amide bonds. The lowest BCUT2D eigenvalue weighted by Gasteiger charge is -2.24. The lowest BCUT2D eigenvalue weighted by Crippen LogP contribution is -2.37. The molecule has 1 aliphatic heterocycles. The van der Waals surface area contributed by atoms with Crippen molar-refractivity contribution in [1.82, 2.24) is 9.88 Å². The van der Waals surface area contributed by atoms with Crippen LogP contribution in [-0.2, 0) is 0 Å². The monoisotopic (exact) mass is 356 g/mol. The molecule has 2 aromatic heterocycles. The number of rotatable bonds is 3. The predicted molar refractivity (Wildman–Crippen MR) is 96.2 cm³/mol. The first-order valence-corrected chi connectivity index (χ1v) is 9.16. The molecule has 6 heteroatoms. The third-order valence-electron chi connectivity index (χ3n) is 4.67. The van der Waals surface area contributed by atoms with E-state index in [1.54, 1.807) is 28.4 Å². The van der Waals surface area contributed by atoms with Crippen LogP contribution in [0.1, 0.15) is 23.2 Å². The lowest BCUT2D eigenvalue weighted by molar-refractivity contribution is 0.0679. The third kappa shape index (κ3) is 2.92. The summed E-state index contributed by atoms with van der Waals surface area (Å²) in [7, 11) is 0. The van der Waals surface area contributed by atoms with Crippen molar-refractivity contribution in [3.8, 4) is 11.3 Å². The first-order valence-electron chi connectivity index (χ1n) is 8.22. The van der Waals surface area contributed by atoms with Gasteiger partial charge in [0, 0.05) is 22.9 Å². The van der Waals surface area contributed by atoms with Gasteiger partial charge in [-0.1, -0.05) is 0 Å². The van der Waals surface area contributed by atoms with E-state index in [1.165, 1.54) is 12.1 Å². The van der Waals surface area contributed by atoms with Crippen molar-refractivity contribution in [2.24, 2.45) is 0 Å². The Bertz CT molecular complexity index is 927. The molecule has 0 saturated carbocycles. The number of carbonyl (C=O) groups excluding carboxylic acids is 1. The van der Waals surface area contributed by atoms with E-state index in [1.807, 2.05) is 16.8 Å². The number of hydrogen-bond donors (Lipinski definition) is 1. The molecule has 1 fully saturated rings. The molecule has 1 saturated heterocycles. The molecular formula is C19H17FN2O2S. The number of aliphatic hydroxyl groups excluding tert-OH is 1. The van der Waals surface area contributed by atoms with Crippen LogP contribution in [-0.4, -0.2) is 40.1 Å². The Morgan fingerprint density at radius 1 is 1.36 bits per heavy atom. The molecule has 0 radical (unpaired) electrons. The summed E-state index contributed by atoms with van der Waals surface area (Å²) >= 11 is 1.56. The third-order valence-corrected chi connectivity index (χ3v) is 5.35. The van der Waals surface area contributed by atoms with E-state index in [9.17, 15) is 14.3 Å². The summed E-state index contributed by atoms with van der Waals surface area (Å²) in [5, 5.41) is 14.0. The summed E-state index contributed by atoms with van der Waals surface area (Å²) in [6.45, 7) is 0.553. The van der Waals surface area contributed by atoms with Crippen LogP contribution in [0, 0.1) is 5.82 Å². The predicted octanol–water partition coefficient (Wildman–Crippen LogP) is 3.70. The van der Waals surface area contributed by atoms with Gasteiger partial charge in [-0.2, -0.15) is 11.3 Å². The number of hydrogen-bond acceptors (Lipinski definition) is 4. The summed E-state index contributed by atoms with van der Waals surface area (Å²) in [4.78, 5) is 19.4. The first kappa shape index (κ1) is 16.2. The molecule has 0 aliphatic carbocycles. The number of aromatic nitrogens is 1. The van der Waals surface area contributed by atoms with Gasteiger partial charge in [0.15, 0.2) is 0 Å². The SMILES string of the molecule is O=C(c1cc(-c2ccsc2)nc2ccc(F)cc12)N1CCC[C@H]1CO. The van der Waals surface area contributed by atoms with Crippen molar-refractivity contribution in [3.05, 3.63) is 52.5 Å². The van der Waals surface area contributed by atoms with Crippen LogP contribution in [0.4, 0.5) is 4.39 Å². The Morgan fingerprint density at radius 3 is 3.00 bits per heavy atom. The van der Waals surface area contributed by atoms with Crippen LogP contribution in [0.3, 0.4) is 0 Å². The van der Waals surface area contributed by atoms with Crippen molar-refractivity contribution in [3.63, 3.8) is 0 Å². The number of nitrogens with zero attached hydrogens (tertiary/aromatic N) is 2. The van der Waals surface area contributed by atoms with Crippen LogP contribution in [0.2, 0.25) is 0 Å². The Kier molecular flexibility index (Phi) is 4.23. The molecule has 0 bridgehead atoms. The van der Waals surface area contributed by atoms with Gasteiger partial charge in [-0.15, -0.1) is 0 Å². The molecule has 0 unspecified atom stereocenters. The maximum atomic E-state index is 13.8. The van der Waals surface area contributed by atoms with Gasteiger partial charge in [0.1, 0.15) is 5.82 Å². The zero-order chi connectivity index (χ0) is 17.4. The zero-order valence-electron chi connectivity index (χ0n) is 13.5. The number of halogens is 1. The van der Waals surface area contributed by atoms with Gasteiger partial charge in [-0.25, -0.2) is 9.37 Å². The molecule has 4 rings (SSSR count). The molecule has 1 N–H and O–H groups in total. The molecule has 1 aromatic carbocycles. The van der Waals surface area contributed by atoms with E-state index >= 15 is 0 Å². The average Bonchev–Trinajstić information content (AvgIpc) is 3.31. The van der Waals surface area contributed by atoms with E-state index in [0.29, 0.717) is 28.7 Å². The fraction of sp³-hybridized carbons (Fsp3) is 0.263. The maximum Gasteiger partial charge on any atom is 0.254 e. The number of aliphatic hydroxyl groups is 1. The summed E-state index contributed by atoms with van der Waals surface area (Å²) in [5.74, 6) is -0.571. The van der Waals surface area contributed by atoms with Crippen LogP contribution in [0.15, 0.2) is 41.1 Å². The number of carbonyl (C=O) groups is 1. The second kappa shape index (κ2) is 6.54. The van der Waals surface area contributed by atoms with Crippen LogP contribution >= 0.6 is 11.3 Å². The topological polar surface area (TPSA) is 53.4 Å². The second-order valence-electron chi connectivity index (χ2n) is 6.21. The highest BCUT2D eigenvalue weighted by molar-refractivity contribution is 7.08. The second-order valence-corrected chi connectivity index (χ2v) is 6.99. The number of thiophene rings is 1. The van der Waals surface area contributed by atoms with Crippen molar-refractivity contribution in [2.75, 3.05) is 13.2 Å². The molecular weight excluding hydrogens is 339 g/mol. The van der Waals surface area contributed by atoms with Crippen molar-refractivity contribution in [1.29, 1.82) is 0 Å². The largest absolute Gasteiger partial charge is 0.394 e.